The van der Waals surface area contributed by atoms with Gasteiger partial charge >= 0.3 is 0 Å². The maximum atomic E-state index is 12.4. The van der Waals surface area contributed by atoms with Crippen molar-refractivity contribution in [1.82, 2.24) is 20.1 Å². The van der Waals surface area contributed by atoms with Crippen molar-refractivity contribution in [2.45, 2.75) is 20.3 Å². The first kappa shape index (κ1) is 21.2. The van der Waals surface area contributed by atoms with Crippen LogP contribution in [-0.4, -0.2) is 57.0 Å². The van der Waals surface area contributed by atoms with E-state index < -0.39 is 24.1 Å². The van der Waals surface area contributed by atoms with Gasteiger partial charge in [0, 0.05) is 26.7 Å². The fraction of sp³-hybridized carbons (Fsp3) is 0.250. The summed E-state index contributed by atoms with van der Waals surface area (Å²) in [7, 11) is 3.94. The van der Waals surface area contributed by atoms with Crippen molar-refractivity contribution in [3.8, 4) is 0 Å². The van der Waals surface area contributed by atoms with Gasteiger partial charge in [0.2, 0.25) is 17.7 Å². The highest BCUT2D eigenvalue weighted by molar-refractivity contribution is 7.80. The van der Waals surface area contributed by atoms with Gasteiger partial charge in [-0.05, 0) is 42.9 Å². The van der Waals surface area contributed by atoms with Gasteiger partial charge in [-0.15, -0.1) is 10.2 Å². The Balaban J connectivity index is 1.91. The van der Waals surface area contributed by atoms with Gasteiger partial charge in [0.25, 0.3) is 5.95 Å². The Kier molecular flexibility index (Phi) is 5.97. The number of rotatable bonds is 4. The summed E-state index contributed by atoms with van der Waals surface area (Å²) in [4.78, 5) is 44.2. The molecular formula is C20H20N6O3S. The number of carbonyl (C=O) groups excluding carboxylic acids is 3. The minimum Gasteiger partial charge on any atom is -0.378 e. The molecule has 1 saturated heterocycles. The number of aromatic nitrogens is 3. The van der Waals surface area contributed by atoms with E-state index in [2.05, 4.69) is 15.2 Å². The second kappa shape index (κ2) is 8.46. The van der Waals surface area contributed by atoms with E-state index in [1.54, 1.807) is 13.0 Å². The van der Waals surface area contributed by atoms with E-state index >= 15 is 0 Å². The number of thiocarbonyl (C=S) groups is 1. The zero-order valence-corrected chi connectivity index (χ0v) is 17.8. The zero-order valence-electron chi connectivity index (χ0n) is 17.0. The van der Waals surface area contributed by atoms with Crippen molar-refractivity contribution in [3.05, 3.63) is 41.2 Å². The van der Waals surface area contributed by atoms with Crippen LogP contribution in [0.4, 0.5) is 11.6 Å². The number of imide groups is 1. The van der Waals surface area contributed by atoms with E-state index in [-0.39, 0.29) is 11.1 Å². The van der Waals surface area contributed by atoms with Crippen LogP contribution in [-0.2, 0) is 14.4 Å². The van der Waals surface area contributed by atoms with Crippen LogP contribution in [0.15, 0.2) is 24.3 Å². The standard InChI is InChI=1S/C20H20N6O3S/c1-12-16(10-7-14-5-8-15(9-6-14)24(3)4)21-19(23-22-12)26-18(29)11-17(28)25(13(2)27)20(26)30/h5-10H,11H2,1-4H3/b10-7+. The third-order valence-electron chi connectivity index (χ3n) is 4.42. The molecule has 1 aliphatic heterocycles. The predicted octanol–water partition coefficient (Wildman–Crippen LogP) is 1.81. The number of hydrogen-bond acceptors (Lipinski definition) is 8. The van der Waals surface area contributed by atoms with Crippen molar-refractivity contribution in [1.29, 1.82) is 0 Å². The molecule has 1 aliphatic rings. The fourth-order valence-corrected chi connectivity index (χ4v) is 3.22. The van der Waals surface area contributed by atoms with Crippen LogP contribution in [0.5, 0.6) is 0 Å². The second-order valence-electron chi connectivity index (χ2n) is 6.84. The molecule has 30 heavy (non-hydrogen) atoms. The smallest absolute Gasteiger partial charge is 0.259 e. The molecule has 9 nitrogen and oxygen atoms in total. The van der Waals surface area contributed by atoms with Gasteiger partial charge < -0.3 is 4.90 Å². The minimum absolute atomic E-state index is 0.0862. The summed E-state index contributed by atoms with van der Waals surface area (Å²) in [5.41, 5.74) is 3.07. The third-order valence-corrected chi connectivity index (χ3v) is 4.79. The van der Waals surface area contributed by atoms with Crippen LogP contribution in [0.2, 0.25) is 0 Å². The Labute approximate surface area is 179 Å². The van der Waals surface area contributed by atoms with Gasteiger partial charge in [0.15, 0.2) is 5.11 Å². The van der Waals surface area contributed by atoms with Crippen LogP contribution in [0, 0.1) is 6.92 Å². The first-order valence-corrected chi connectivity index (χ1v) is 9.47. The molecule has 1 aromatic carbocycles. The average Bonchev–Trinajstić information content (AvgIpc) is 2.67. The number of carbonyl (C=O) groups is 3. The maximum absolute atomic E-state index is 12.4. The molecule has 0 aliphatic carbocycles. The van der Waals surface area contributed by atoms with Crippen molar-refractivity contribution in [2.24, 2.45) is 0 Å². The molecule has 0 radical (unpaired) electrons. The molecule has 1 aromatic heterocycles. The highest BCUT2D eigenvalue weighted by atomic mass is 32.1. The molecular weight excluding hydrogens is 404 g/mol. The molecule has 3 amide bonds. The molecule has 3 rings (SSSR count). The minimum atomic E-state index is -0.671. The monoisotopic (exact) mass is 424 g/mol. The van der Waals surface area contributed by atoms with Gasteiger partial charge in [-0.3, -0.25) is 14.4 Å². The van der Waals surface area contributed by atoms with Crippen molar-refractivity contribution in [3.63, 3.8) is 0 Å². The molecule has 0 unspecified atom stereocenters. The lowest BCUT2D eigenvalue weighted by Crippen LogP contribution is -2.57. The molecule has 0 atom stereocenters. The maximum Gasteiger partial charge on any atom is 0.259 e. The van der Waals surface area contributed by atoms with E-state index in [0.717, 1.165) is 21.1 Å². The summed E-state index contributed by atoms with van der Waals surface area (Å²) < 4.78 is 0. The largest absolute Gasteiger partial charge is 0.378 e. The summed E-state index contributed by atoms with van der Waals surface area (Å²) in [5, 5.41) is 7.71. The molecule has 2 aromatic rings. The van der Waals surface area contributed by atoms with Crippen LogP contribution in [0.25, 0.3) is 12.2 Å². The molecule has 0 N–H and O–H groups in total. The molecule has 0 spiro atoms. The number of hydrogen-bond donors (Lipinski definition) is 0. The Morgan fingerprint density at radius 1 is 1.10 bits per heavy atom. The Morgan fingerprint density at radius 3 is 2.37 bits per heavy atom. The highest BCUT2D eigenvalue weighted by Crippen LogP contribution is 2.20. The van der Waals surface area contributed by atoms with Crippen molar-refractivity contribution >= 4 is 58.8 Å². The van der Waals surface area contributed by atoms with Crippen molar-refractivity contribution in [2.75, 3.05) is 23.9 Å². The fourth-order valence-electron chi connectivity index (χ4n) is 2.80. The van der Waals surface area contributed by atoms with Gasteiger partial charge in [0.1, 0.15) is 6.42 Å². The molecule has 2 heterocycles. The zero-order chi connectivity index (χ0) is 22.0. The summed E-state index contributed by atoms with van der Waals surface area (Å²) in [5.74, 6) is -1.95. The first-order valence-electron chi connectivity index (χ1n) is 9.06. The van der Waals surface area contributed by atoms with Gasteiger partial charge in [-0.25, -0.2) is 14.8 Å². The molecule has 1 fully saturated rings. The molecule has 10 heteroatoms. The number of amides is 3. The second-order valence-corrected chi connectivity index (χ2v) is 7.20. The lowest BCUT2D eigenvalue weighted by molar-refractivity contribution is -0.141. The quantitative estimate of drug-likeness (QED) is 0.541. The van der Waals surface area contributed by atoms with E-state index in [1.165, 1.54) is 6.92 Å². The molecule has 154 valence electrons. The van der Waals surface area contributed by atoms with Crippen molar-refractivity contribution < 1.29 is 14.4 Å². The summed E-state index contributed by atoms with van der Waals surface area (Å²) in [6.07, 6.45) is 3.12. The Hall–Kier alpha value is -3.53. The van der Waals surface area contributed by atoms with Crippen LogP contribution >= 0.6 is 12.2 Å². The normalized spacial score (nSPS) is 14.6. The topological polar surface area (TPSA) is 99.6 Å². The summed E-state index contributed by atoms with van der Waals surface area (Å²) in [6, 6.07) is 7.93. The number of nitrogens with zero attached hydrogens (tertiary/aromatic N) is 6. The highest BCUT2D eigenvalue weighted by Gasteiger charge is 2.39. The lowest BCUT2D eigenvalue weighted by Gasteiger charge is -2.31. The van der Waals surface area contributed by atoms with Crippen LogP contribution in [0.1, 0.15) is 30.3 Å². The van der Waals surface area contributed by atoms with E-state index in [0.29, 0.717) is 11.4 Å². The molecule has 0 bridgehead atoms. The van der Waals surface area contributed by atoms with Gasteiger partial charge in [-0.1, -0.05) is 18.2 Å². The van der Waals surface area contributed by atoms with Crippen LogP contribution in [0.3, 0.4) is 0 Å². The number of anilines is 2. The number of aryl methyl sites for hydroxylation is 1. The molecule has 0 saturated carbocycles. The SMILES string of the molecule is CC(=O)N1C(=O)CC(=O)N(c2nnc(C)c(/C=C/c3ccc(N(C)C)cc3)n2)C1=S. The third kappa shape index (κ3) is 4.23. The van der Waals surface area contributed by atoms with Gasteiger partial charge in [0.05, 0.1) is 11.4 Å². The first-order chi connectivity index (χ1) is 14.2. The Bertz CT molecular complexity index is 1060. The Morgan fingerprint density at radius 2 is 1.77 bits per heavy atom. The predicted molar refractivity (Wildman–Crippen MR) is 116 cm³/mol. The van der Waals surface area contributed by atoms with E-state index in [9.17, 15) is 14.4 Å². The van der Waals surface area contributed by atoms with Gasteiger partial charge in [-0.2, -0.15) is 0 Å². The van der Waals surface area contributed by atoms with E-state index in [4.69, 9.17) is 12.2 Å². The summed E-state index contributed by atoms with van der Waals surface area (Å²) >= 11 is 5.17. The summed E-state index contributed by atoms with van der Waals surface area (Å²) in [6.45, 7) is 2.93. The lowest BCUT2D eigenvalue weighted by atomic mass is 10.1. The average molecular weight is 424 g/mol. The number of benzene rings is 1. The van der Waals surface area contributed by atoms with Crippen LogP contribution < -0.4 is 9.80 Å². The van der Waals surface area contributed by atoms with E-state index in [1.807, 2.05) is 49.3 Å².